The van der Waals surface area contributed by atoms with E-state index in [0.717, 1.165) is 35.8 Å². The highest BCUT2D eigenvalue weighted by Crippen LogP contribution is 2.45. The van der Waals surface area contributed by atoms with Gasteiger partial charge in [0.2, 0.25) is 0 Å². The molecule has 4 heteroatoms. The normalized spacial score (nSPS) is 27.4. The van der Waals surface area contributed by atoms with Crippen LogP contribution in [0.15, 0.2) is 23.1 Å². The van der Waals surface area contributed by atoms with E-state index in [-0.39, 0.29) is 5.54 Å². The van der Waals surface area contributed by atoms with E-state index in [1.165, 1.54) is 0 Å². The Morgan fingerprint density at radius 2 is 2.20 bits per heavy atom. The zero-order valence-corrected chi connectivity index (χ0v) is 13.1. The van der Waals surface area contributed by atoms with Gasteiger partial charge in [-0.3, -0.25) is 0 Å². The van der Waals surface area contributed by atoms with Crippen molar-refractivity contribution in [1.82, 2.24) is 5.32 Å². The van der Waals surface area contributed by atoms with Crippen LogP contribution in [0.5, 0.6) is 0 Å². The Morgan fingerprint density at radius 1 is 1.40 bits per heavy atom. The second kappa shape index (κ2) is 4.98. The summed E-state index contributed by atoms with van der Waals surface area (Å²) in [6, 6.07) is 8.64. The van der Waals surface area contributed by atoms with Gasteiger partial charge >= 0.3 is 0 Å². The molecule has 3 nitrogen and oxygen atoms in total. The van der Waals surface area contributed by atoms with Gasteiger partial charge in [-0.25, -0.2) is 0 Å². The van der Waals surface area contributed by atoms with Gasteiger partial charge in [0.25, 0.3) is 0 Å². The average molecular weight is 287 g/mol. The number of fused-ring (bicyclic) bond motifs is 1. The fourth-order valence-corrected chi connectivity index (χ4v) is 4.43. The molecule has 2 unspecified atom stereocenters. The first-order valence-electron chi connectivity index (χ1n) is 7.15. The molecule has 2 atom stereocenters. The summed E-state index contributed by atoms with van der Waals surface area (Å²) in [5, 5.41) is 13.1. The molecule has 106 valence electrons. The standard InChI is InChI=1S/C16H21N3S/c1-16(2)13-9-18-8-11(13)10-19(16)14-5-4-6-15(20-3)12(14)7-17/h4-6,11,13,18H,8-10H2,1-3H3. The third kappa shape index (κ3) is 1.92. The zero-order chi connectivity index (χ0) is 14.3. The van der Waals surface area contributed by atoms with Crippen LogP contribution >= 0.6 is 11.8 Å². The van der Waals surface area contributed by atoms with Crippen molar-refractivity contribution in [1.29, 1.82) is 5.26 Å². The third-order valence-corrected chi connectivity index (χ3v) is 5.77. The Bertz CT molecular complexity index is 561. The van der Waals surface area contributed by atoms with E-state index < -0.39 is 0 Å². The van der Waals surface area contributed by atoms with E-state index in [1.54, 1.807) is 11.8 Å². The van der Waals surface area contributed by atoms with Crippen LogP contribution in [0.2, 0.25) is 0 Å². The number of anilines is 1. The molecule has 2 fully saturated rings. The van der Waals surface area contributed by atoms with Gasteiger partial charge in [0, 0.05) is 30.1 Å². The smallest absolute Gasteiger partial charge is 0.103 e. The van der Waals surface area contributed by atoms with E-state index in [1.807, 2.05) is 12.3 Å². The maximum absolute atomic E-state index is 9.56. The molecule has 0 saturated carbocycles. The van der Waals surface area contributed by atoms with Crippen molar-refractivity contribution >= 4 is 17.4 Å². The topological polar surface area (TPSA) is 39.1 Å². The first-order valence-corrected chi connectivity index (χ1v) is 8.37. The lowest BCUT2D eigenvalue weighted by molar-refractivity contribution is 0.357. The van der Waals surface area contributed by atoms with E-state index in [0.29, 0.717) is 11.8 Å². The number of benzene rings is 1. The lowest BCUT2D eigenvalue weighted by atomic mass is 9.84. The maximum atomic E-state index is 9.56. The lowest BCUT2D eigenvalue weighted by Crippen LogP contribution is -2.45. The van der Waals surface area contributed by atoms with Gasteiger partial charge in [0.05, 0.1) is 11.3 Å². The third-order valence-electron chi connectivity index (χ3n) is 4.99. The number of hydrogen-bond donors (Lipinski definition) is 1. The van der Waals surface area contributed by atoms with E-state index in [4.69, 9.17) is 0 Å². The number of thioether (sulfide) groups is 1. The zero-order valence-electron chi connectivity index (χ0n) is 12.3. The molecule has 3 rings (SSSR count). The quantitative estimate of drug-likeness (QED) is 0.849. The van der Waals surface area contributed by atoms with Gasteiger partial charge in [-0.05, 0) is 44.1 Å². The maximum Gasteiger partial charge on any atom is 0.103 e. The summed E-state index contributed by atoms with van der Waals surface area (Å²) in [5.41, 5.74) is 2.05. The summed E-state index contributed by atoms with van der Waals surface area (Å²) in [6.45, 7) is 7.89. The molecular formula is C16H21N3S. The summed E-state index contributed by atoms with van der Waals surface area (Å²) in [6.07, 6.45) is 2.04. The largest absolute Gasteiger partial charge is 0.365 e. The molecule has 2 heterocycles. The van der Waals surface area contributed by atoms with Gasteiger partial charge in [-0.15, -0.1) is 11.8 Å². The van der Waals surface area contributed by atoms with Crippen molar-refractivity contribution in [3.8, 4) is 6.07 Å². The SMILES string of the molecule is CSc1cccc(N2CC3CNCC3C2(C)C)c1C#N. The molecule has 2 saturated heterocycles. The number of rotatable bonds is 2. The molecule has 1 aromatic carbocycles. The number of nitrogens with zero attached hydrogens (tertiary/aromatic N) is 2. The lowest BCUT2D eigenvalue weighted by Gasteiger charge is -2.38. The highest BCUT2D eigenvalue weighted by molar-refractivity contribution is 7.98. The molecule has 20 heavy (non-hydrogen) atoms. The Labute approximate surface area is 125 Å². The summed E-state index contributed by atoms with van der Waals surface area (Å²) in [7, 11) is 0. The second-order valence-electron chi connectivity index (χ2n) is 6.26. The predicted octanol–water partition coefficient (Wildman–Crippen LogP) is 2.71. The van der Waals surface area contributed by atoms with Crippen molar-refractivity contribution in [2.75, 3.05) is 30.8 Å². The molecule has 2 aliphatic rings. The Kier molecular flexibility index (Phi) is 3.43. The predicted molar refractivity (Wildman–Crippen MR) is 84.2 cm³/mol. The molecule has 0 amide bonds. The Balaban J connectivity index is 2.04. The van der Waals surface area contributed by atoms with Crippen LogP contribution in [-0.2, 0) is 0 Å². The molecule has 0 aromatic heterocycles. The van der Waals surface area contributed by atoms with Gasteiger partial charge in [-0.2, -0.15) is 5.26 Å². The van der Waals surface area contributed by atoms with E-state index in [9.17, 15) is 5.26 Å². The van der Waals surface area contributed by atoms with Crippen molar-refractivity contribution in [3.05, 3.63) is 23.8 Å². The Hall–Kier alpha value is -1.18. The van der Waals surface area contributed by atoms with Gasteiger partial charge in [0.1, 0.15) is 6.07 Å². The minimum Gasteiger partial charge on any atom is -0.365 e. The first kappa shape index (κ1) is 13.8. The molecule has 0 radical (unpaired) electrons. The Morgan fingerprint density at radius 3 is 2.85 bits per heavy atom. The molecule has 0 spiro atoms. The van der Waals surface area contributed by atoms with Crippen molar-refractivity contribution in [2.45, 2.75) is 24.3 Å². The minimum absolute atomic E-state index is 0.108. The highest BCUT2D eigenvalue weighted by atomic mass is 32.2. The molecule has 2 aliphatic heterocycles. The molecule has 1 N–H and O–H groups in total. The van der Waals surface area contributed by atoms with Crippen molar-refractivity contribution in [2.24, 2.45) is 11.8 Å². The van der Waals surface area contributed by atoms with Gasteiger partial charge in [-0.1, -0.05) is 6.07 Å². The molecule has 1 aromatic rings. The minimum atomic E-state index is 0.108. The van der Waals surface area contributed by atoms with Crippen LogP contribution in [0, 0.1) is 23.2 Å². The van der Waals surface area contributed by atoms with Crippen LogP contribution in [0.1, 0.15) is 19.4 Å². The molecular weight excluding hydrogens is 266 g/mol. The van der Waals surface area contributed by atoms with E-state index >= 15 is 0 Å². The first-order chi connectivity index (χ1) is 9.59. The number of nitrogens with one attached hydrogen (secondary N) is 1. The van der Waals surface area contributed by atoms with Crippen LogP contribution in [-0.4, -0.2) is 31.4 Å². The fraction of sp³-hybridized carbons (Fsp3) is 0.562. The van der Waals surface area contributed by atoms with Crippen LogP contribution in [0.4, 0.5) is 5.69 Å². The molecule has 0 bridgehead atoms. The van der Waals surface area contributed by atoms with Crippen molar-refractivity contribution < 1.29 is 0 Å². The average Bonchev–Trinajstić information content (AvgIpc) is 3.00. The highest BCUT2D eigenvalue weighted by Gasteiger charge is 2.50. The summed E-state index contributed by atoms with van der Waals surface area (Å²) >= 11 is 1.65. The monoisotopic (exact) mass is 287 g/mol. The summed E-state index contributed by atoms with van der Waals surface area (Å²) in [4.78, 5) is 3.54. The van der Waals surface area contributed by atoms with Crippen LogP contribution in [0.25, 0.3) is 0 Å². The number of hydrogen-bond acceptors (Lipinski definition) is 4. The summed E-state index contributed by atoms with van der Waals surface area (Å²) in [5.74, 6) is 1.38. The number of nitriles is 1. The van der Waals surface area contributed by atoms with Crippen LogP contribution in [0.3, 0.4) is 0 Å². The van der Waals surface area contributed by atoms with Crippen LogP contribution < -0.4 is 10.2 Å². The second-order valence-corrected chi connectivity index (χ2v) is 7.10. The van der Waals surface area contributed by atoms with Gasteiger partial charge in [0.15, 0.2) is 0 Å². The molecule has 0 aliphatic carbocycles. The fourth-order valence-electron chi connectivity index (χ4n) is 3.86. The summed E-state index contributed by atoms with van der Waals surface area (Å²) < 4.78 is 0. The van der Waals surface area contributed by atoms with E-state index in [2.05, 4.69) is 42.3 Å². The van der Waals surface area contributed by atoms with Crippen molar-refractivity contribution in [3.63, 3.8) is 0 Å². The van der Waals surface area contributed by atoms with Gasteiger partial charge < -0.3 is 10.2 Å².